The van der Waals surface area contributed by atoms with Crippen molar-refractivity contribution in [3.05, 3.63) is 57.3 Å². The summed E-state index contributed by atoms with van der Waals surface area (Å²) >= 11 is 9.50. The zero-order valence-electron chi connectivity index (χ0n) is 10.9. The first-order chi connectivity index (χ1) is 9.08. The van der Waals surface area contributed by atoms with Crippen molar-refractivity contribution < 1.29 is 4.74 Å². The van der Waals surface area contributed by atoms with Crippen LogP contribution in [0.4, 0.5) is 0 Å². The maximum atomic E-state index is 6.02. The SMILES string of the molecule is CC(C)c1cc(Br)ccc1OCc1cccnc1Cl. The van der Waals surface area contributed by atoms with Crippen molar-refractivity contribution in [3.63, 3.8) is 0 Å². The van der Waals surface area contributed by atoms with Crippen LogP contribution in [0.15, 0.2) is 41.0 Å². The van der Waals surface area contributed by atoms with Crippen molar-refractivity contribution in [2.45, 2.75) is 26.4 Å². The molecule has 0 radical (unpaired) electrons. The first kappa shape index (κ1) is 14.4. The smallest absolute Gasteiger partial charge is 0.135 e. The fourth-order valence-corrected chi connectivity index (χ4v) is 2.34. The fourth-order valence-electron chi connectivity index (χ4n) is 1.78. The molecule has 1 aromatic heterocycles. The van der Waals surface area contributed by atoms with E-state index in [0.29, 0.717) is 17.7 Å². The molecule has 0 aliphatic carbocycles. The van der Waals surface area contributed by atoms with E-state index in [2.05, 4.69) is 40.8 Å². The van der Waals surface area contributed by atoms with E-state index >= 15 is 0 Å². The van der Waals surface area contributed by atoms with E-state index in [-0.39, 0.29) is 0 Å². The lowest BCUT2D eigenvalue weighted by molar-refractivity contribution is 0.301. The Labute approximate surface area is 126 Å². The summed E-state index contributed by atoms with van der Waals surface area (Å²) in [5.41, 5.74) is 2.07. The van der Waals surface area contributed by atoms with Gasteiger partial charge in [0.15, 0.2) is 0 Å². The second kappa shape index (κ2) is 6.40. The summed E-state index contributed by atoms with van der Waals surface area (Å²) in [6.45, 7) is 4.71. The van der Waals surface area contributed by atoms with Crippen LogP contribution in [0, 0.1) is 0 Å². The Hall–Kier alpha value is -1.06. The highest BCUT2D eigenvalue weighted by atomic mass is 79.9. The minimum atomic E-state index is 0.400. The average molecular weight is 341 g/mol. The van der Waals surface area contributed by atoms with Gasteiger partial charge in [0.05, 0.1) is 0 Å². The molecule has 0 N–H and O–H groups in total. The summed E-state index contributed by atoms with van der Waals surface area (Å²) in [5.74, 6) is 1.29. The second-order valence-corrected chi connectivity index (χ2v) is 5.85. The normalized spacial score (nSPS) is 10.8. The molecule has 4 heteroatoms. The Morgan fingerprint density at radius 1 is 1.32 bits per heavy atom. The van der Waals surface area contributed by atoms with Gasteiger partial charge in [-0.25, -0.2) is 4.98 Å². The van der Waals surface area contributed by atoms with E-state index < -0.39 is 0 Å². The van der Waals surface area contributed by atoms with Crippen molar-refractivity contribution >= 4 is 27.5 Å². The first-order valence-corrected chi connectivity index (χ1v) is 7.26. The molecule has 0 fully saturated rings. The van der Waals surface area contributed by atoms with Crippen molar-refractivity contribution in [1.82, 2.24) is 4.98 Å². The zero-order valence-corrected chi connectivity index (χ0v) is 13.2. The lowest BCUT2D eigenvalue weighted by Crippen LogP contribution is -2.01. The molecule has 2 nitrogen and oxygen atoms in total. The highest BCUT2D eigenvalue weighted by molar-refractivity contribution is 9.10. The number of halogens is 2. The van der Waals surface area contributed by atoms with E-state index in [4.69, 9.17) is 16.3 Å². The predicted molar refractivity (Wildman–Crippen MR) is 81.8 cm³/mol. The lowest BCUT2D eigenvalue weighted by atomic mass is 10.0. The highest BCUT2D eigenvalue weighted by Gasteiger charge is 2.09. The molecule has 0 atom stereocenters. The number of hydrogen-bond acceptors (Lipinski definition) is 2. The minimum absolute atomic E-state index is 0.400. The molecule has 2 rings (SSSR count). The molecule has 19 heavy (non-hydrogen) atoms. The molecular weight excluding hydrogens is 326 g/mol. The fraction of sp³-hybridized carbons (Fsp3) is 0.267. The molecule has 0 aliphatic rings. The van der Waals surface area contributed by atoms with E-state index in [0.717, 1.165) is 15.8 Å². The van der Waals surface area contributed by atoms with E-state index in [1.54, 1.807) is 6.20 Å². The Morgan fingerprint density at radius 2 is 2.11 bits per heavy atom. The quantitative estimate of drug-likeness (QED) is 0.714. The summed E-state index contributed by atoms with van der Waals surface area (Å²) in [7, 11) is 0. The van der Waals surface area contributed by atoms with Crippen LogP contribution in [-0.4, -0.2) is 4.98 Å². The number of benzene rings is 1. The Bertz CT molecular complexity index is 572. The van der Waals surface area contributed by atoms with Gasteiger partial charge in [0.2, 0.25) is 0 Å². The van der Waals surface area contributed by atoms with Crippen molar-refractivity contribution in [2.24, 2.45) is 0 Å². The maximum absolute atomic E-state index is 6.02. The molecule has 0 amide bonds. The van der Waals surface area contributed by atoms with E-state index in [9.17, 15) is 0 Å². The summed E-state index contributed by atoms with van der Waals surface area (Å²) in [5, 5.41) is 0.491. The van der Waals surface area contributed by atoms with Gasteiger partial charge in [-0.05, 0) is 35.7 Å². The van der Waals surface area contributed by atoms with E-state index in [1.165, 1.54) is 5.56 Å². The molecule has 100 valence electrons. The van der Waals surface area contributed by atoms with Crippen LogP contribution >= 0.6 is 27.5 Å². The molecule has 0 aliphatic heterocycles. The Morgan fingerprint density at radius 3 is 2.79 bits per heavy atom. The molecule has 0 bridgehead atoms. The van der Waals surface area contributed by atoms with Gasteiger partial charge in [0, 0.05) is 16.2 Å². The largest absolute Gasteiger partial charge is 0.488 e. The number of rotatable bonds is 4. The van der Waals surface area contributed by atoms with Gasteiger partial charge in [-0.2, -0.15) is 0 Å². The molecule has 0 spiro atoms. The van der Waals surface area contributed by atoms with Crippen LogP contribution in [-0.2, 0) is 6.61 Å². The standard InChI is InChI=1S/C15H15BrClNO/c1-10(2)13-8-12(16)5-6-14(13)19-9-11-4-3-7-18-15(11)17/h3-8,10H,9H2,1-2H3. The monoisotopic (exact) mass is 339 g/mol. The number of hydrogen-bond donors (Lipinski definition) is 0. The van der Waals surface area contributed by atoms with Crippen molar-refractivity contribution in [3.8, 4) is 5.75 Å². The van der Waals surface area contributed by atoms with Gasteiger partial charge in [-0.3, -0.25) is 0 Å². The molecule has 0 saturated carbocycles. The van der Waals surface area contributed by atoms with Gasteiger partial charge in [-0.1, -0.05) is 47.4 Å². The molecule has 1 heterocycles. The van der Waals surface area contributed by atoms with Crippen molar-refractivity contribution in [1.29, 1.82) is 0 Å². The lowest BCUT2D eigenvalue weighted by Gasteiger charge is -2.14. The molecule has 1 aromatic carbocycles. The third kappa shape index (κ3) is 3.71. The zero-order chi connectivity index (χ0) is 13.8. The second-order valence-electron chi connectivity index (χ2n) is 4.58. The summed E-state index contributed by atoms with van der Waals surface area (Å²) < 4.78 is 6.93. The minimum Gasteiger partial charge on any atom is -0.488 e. The highest BCUT2D eigenvalue weighted by Crippen LogP contribution is 2.30. The van der Waals surface area contributed by atoms with Crippen LogP contribution in [0.5, 0.6) is 5.75 Å². The van der Waals surface area contributed by atoms with Gasteiger partial charge < -0.3 is 4.74 Å². The van der Waals surface area contributed by atoms with Crippen LogP contribution in [0.25, 0.3) is 0 Å². The Balaban J connectivity index is 2.18. The molecule has 0 saturated heterocycles. The maximum Gasteiger partial charge on any atom is 0.135 e. The summed E-state index contributed by atoms with van der Waals surface area (Å²) in [6.07, 6.45) is 1.67. The third-order valence-electron chi connectivity index (χ3n) is 2.81. The average Bonchev–Trinajstić information content (AvgIpc) is 2.38. The molecular formula is C15H15BrClNO. The number of nitrogens with zero attached hydrogens (tertiary/aromatic N) is 1. The first-order valence-electron chi connectivity index (χ1n) is 6.09. The summed E-state index contributed by atoms with van der Waals surface area (Å²) in [6, 6.07) is 9.82. The molecule has 2 aromatic rings. The van der Waals surface area contributed by atoms with Crippen LogP contribution in [0.3, 0.4) is 0 Å². The van der Waals surface area contributed by atoms with Gasteiger partial charge in [0.1, 0.15) is 17.5 Å². The topological polar surface area (TPSA) is 22.1 Å². The number of ether oxygens (including phenoxy) is 1. The molecule has 0 unspecified atom stereocenters. The third-order valence-corrected chi connectivity index (χ3v) is 3.65. The number of aromatic nitrogens is 1. The van der Waals surface area contributed by atoms with Crippen molar-refractivity contribution in [2.75, 3.05) is 0 Å². The van der Waals surface area contributed by atoms with Gasteiger partial charge in [-0.15, -0.1) is 0 Å². The predicted octanol–water partition coefficient (Wildman–Crippen LogP) is 5.20. The van der Waals surface area contributed by atoms with Gasteiger partial charge >= 0.3 is 0 Å². The summed E-state index contributed by atoms with van der Waals surface area (Å²) in [4.78, 5) is 4.04. The Kier molecular flexibility index (Phi) is 4.83. The van der Waals surface area contributed by atoms with Crippen LogP contribution in [0.1, 0.15) is 30.9 Å². The number of pyridine rings is 1. The van der Waals surface area contributed by atoms with Crippen LogP contribution in [0.2, 0.25) is 5.15 Å². The van der Waals surface area contributed by atoms with E-state index in [1.807, 2.05) is 24.3 Å². The van der Waals surface area contributed by atoms with Gasteiger partial charge in [0.25, 0.3) is 0 Å². The van der Waals surface area contributed by atoms with Crippen LogP contribution < -0.4 is 4.74 Å².